The summed E-state index contributed by atoms with van der Waals surface area (Å²) < 4.78 is 30.9. The Morgan fingerprint density at radius 2 is 1.76 bits per heavy atom. The van der Waals surface area contributed by atoms with Crippen molar-refractivity contribution in [3.63, 3.8) is 0 Å². The van der Waals surface area contributed by atoms with Crippen LogP contribution >= 0.6 is 0 Å². The molecule has 1 unspecified atom stereocenters. The number of esters is 1. The van der Waals surface area contributed by atoms with E-state index in [-0.39, 0.29) is 11.3 Å². The van der Waals surface area contributed by atoms with Crippen LogP contribution in [0.4, 0.5) is 14.5 Å². The fourth-order valence-corrected chi connectivity index (χ4v) is 1.49. The summed E-state index contributed by atoms with van der Waals surface area (Å²) in [5.41, 5.74) is 4.36. The number of rotatable bonds is 3. The molecule has 0 radical (unpaired) electrons. The van der Waals surface area contributed by atoms with Crippen molar-refractivity contribution in [2.45, 2.75) is 39.3 Å². The molecule has 0 fully saturated rings. The molecule has 0 saturated carbocycles. The Balaban J connectivity index is 2.82. The van der Waals surface area contributed by atoms with Crippen molar-refractivity contribution in [3.05, 3.63) is 29.3 Å². The summed E-state index contributed by atoms with van der Waals surface area (Å²) in [6, 6.07) is 1.33. The zero-order chi connectivity index (χ0) is 16.4. The van der Waals surface area contributed by atoms with Crippen LogP contribution in [0.5, 0.6) is 0 Å². The summed E-state index contributed by atoms with van der Waals surface area (Å²) in [6.07, 6.45) is -1.09. The molecule has 3 N–H and O–H groups in total. The third-order valence-electron chi connectivity index (χ3n) is 2.46. The van der Waals surface area contributed by atoms with Gasteiger partial charge in [0.15, 0.2) is 17.7 Å². The van der Waals surface area contributed by atoms with E-state index in [1.807, 2.05) is 0 Å². The largest absolute Gasteiger partial charge is 0.449 e. The summed E-state index contributed by atoms with van der Waals surface area (Å²) in [7, 11) is 0. The van der Waals surface area contributed by atoms with Crippen LogP contribution in [-0.4, -0.2) is 23.5 Å². The minimum atomic E-state index is -1.22. The number of carbonyl (C=O) groups excluding carboxylic acids is 2. The number of hydrogen-bond donors (Lipinski definition) is 2. The van der Waals surface area contributed by atoms with Crippen molar-refractivity contribution in [1.82, 2.24) is 5.32 Å². The Kier molecular flexibility index (Phi) is 4.88. The maximum atomic E-state index is 13.1. The second-order valence-corrected chi connectivity index (χ2v) is 5.64. The average Bonchev–Trinajstić information content (AvgIpc) is 2.31. The Morgan fingerprint density at radius 1 is 1.24 bits per heavy atom. The van der Waals surface area contributed by atoms with Crippen molar-refractivity contribution >= 4 is 17.6 Å². The lowest BCUT2D eigenvalue weighted by Gasteiger charge is -2.23. The highest BCUT2D eigenvalue weighted by Crippen LogP contribution is 2.18. The van der Waals surface area contributed by atoms with Gasteiger partial charge in [-0.2, -0.15) is 0 Å². The van der Waals surface area contributed by atoms with Gasteiger partial charge in [0.05, 0.1) is 5.56 Å². The standard InChI is InChI=1S/C14H18F2N2O3/c1-7(12(19)18-14(2,3)4)21-13(20)8-5-9(15)10(16)6-11(8)17/h5-7H,17H2,1-4H3,(H,18,19). The fraction of sp³-hybridized carbons (Fsp3) is 0.429. The molecule has 1 aromatic carbocycles. The van der Waals surface area contributed by atoms with Gasteiger partial charge in [-0.05, 0) is 33.8 Å². The van der Waals surface area contributed by atoms with Gasteiger partial charge in [0.2, 0.25) is 0 Å². The highest BCUT2D eigenvalue weighted by molar-refractivity contribution is 5.96. The molecule has 0 aliphatic rings. The summed E-state index contributed by atoms with van der Waals surface area (Å²) in [6.45, 7) is 6.68. The molecule has 1 rings (SSSR count). The molecule has 0 aromatic heterocycles. The number of carbonyl (C=O) groups is 2. The van der Waals surface area contributed by atoms with E-state index in [2.05, 4.69) is 5.32 Å². The van der Waals surface area contributed by atoms with Crippen LogP contribution in [0.1, 0.15) is 38.1 Å². The first kappa shape index (κ1) is 16.9. The molecular weight excluding hydrogens is 282 g/mol. The van der Waals surface area contributed by atoms with Crippen molar-refractivity contribution in [2.24, 2.45) is 0 Å². The molecule has 1 amide bonds. The van der Waals surface area contributed by atoms with E-state index in [0.29, 0.717) is 12.1 Å². The normalized spacial score (nSPS) is 12.7. The molecule has 0 aliphatic heterocycles. The van der Waals surface area contributed by atoms with Gasteiger partial charge in [-0.15, -0.1) is 0 Å². The molecule has 21 heavy (non-hydrogen) atoms. The molecule has 0 aliphatic carbocycles. The lowest BCUT2D eigenvalue weighted by molar-refractivity contribution is -0.130. The van der Waals surface area contributed by atoms with Gasteiger partial charge >= 0.3 is 5.97 Å². The second kappa shape index (κ2) is 6.07. The first-order chi connectivity index (χ1) is 9.51. The third kappa shape index (κ3) is 4.70. The molecule has 1 atom stereocenters. The van der Waals surface area contributed by atoms with Crippen LogP contribution in [0.15, 0.2) is 12.1 Å². The molecule has 0 spiro atoms. The highest BCUT2D eigenvalue weighted by atomic mass is 19.2. The third-order valence-corrected chi connectivity index (χ3v) is 2.46. The van der Waals surface area contributed by atoms with Crippen molar-refractivity contribution < 1.29 is 23.1 Å². The Hall–Kier alpha value is -2.18. The number of halogens is 2. The Bertz CT molecular complexity index is 568. The van der Waals surface area contributed by atoms with E-state index in [9.17, 15) is 18.4 Å². The molecule has 0 heterocycles. The van der Waals surface area contributed by atoms with Gasteiger partial charge in [0, 0.05) is 17.3 Å². The lowest BCUT2D eigenvalue weighted by Crippen LogP contribution is -2.46. The van der Waals surface area contributed by atoms with Gasteiger partial charge in [-0.1, -0.05) is 0 Å². The summed E-state index contributed by atoms with van der Waals surface area (Å²) in [5.74, 6) is -3.88. The van der Waals surface area contributed by atoms with Gasteiger partial charge < -0.3 is 15.8 Å². The van der Waals surface area contributed by atoms with E-state index >= 15 is 0 Å². The molecule has 7 heteroatoms. The molecule has 116 valence electrons. The number of ether oxygens (including phenoxy) is 1. The zero-order valence-electron chi connectivity index (χ0n) is 12.3. The first-order valence-electron chi connectivity index (χ1n) is 6.29. The van der Waals surface area contributed by atoms with Crippen LogP contribution in [-0.2, 0) is 9.53 Å². The number of nitrogen functional groups attached to an aromatic ring is 1. The van der Waals surface area contributed by atoms with Gasteiger partial charge in [0.25, 0.3) is 5.91 Å². The monoisotopic (exact) mass is 300 g/mol. The molecule has 0 saturated heterocycles. The predicted octanol–water partition coefficient (Wildman–Crippen LogP) is 2.01. The SMILES string of the molecule is CC(OC(=O)c1cc(F)c(F)cc1N)C(=O)NC(C)(C)C. The van der Waals surface area contributed by atoms with E-state index in [1.54, 1.807) is 20.8 Å². The second-order valence-electron chi connectivity index (χ2n) is 5.64. The van der Waals surface area contributed by atoms with Gasteiger partial charge in [-0.25, -0.2) is 13.6 Å². The van der Waals surface area contributed by atoms with Crippen LogP contribution in [0, 0.1) is 11.6 Å². The highest BCUT2D eigenvalue weighted by Gasteiger charge is 2.24. The van der Waals surface area contributed by atoms with Crippen molar-refractivity contribution in [2.75, 3.05) is 5.73 Å². The molecule has 1 aromatic rings. The van der Waals surface area contributed by atoms with E-state index in [4.69, 9.17) is 10.5 Å². The van der Waals surface area contributed by atoms with Crippen molar-refractivity contribution in [1.29, 1.82) is 0 Å². The zero-order valence-corrected chi connectivity index (χ0v) is 12.3. The van der Waals surface area contributed by atoms with Crippen LogP contribution < -0.4 is 11.1 Å². The predicted molar refractivity (Wildman–Crippen MR) is 73.5 cm³/mol. The minimum absolute atomic E-state index is 0.262. The quantitative estimate of drug-likeness (QED) is 0.661. The van der Waals surface area contributed by atoms with Crippen LogP contribution in [0.2, 0.25) is 0 Å². The van der Waals surface area contributed by atoms with E-state index in [0.717, 1.165) is 0 Å². The number of nitrogens with one attached hydrogen (secondary N) is 1. The fourth-order valence-electron chi connectivity index (χ4n) is 1.49. The lowest BCUT2D eigenvalue weighted by atomic mass is 10.1. The summed E-state index contributed by atoms with van der Waals surface area (Å²) >= 11 is 0. The van der Waals surface area contributed by atoms with Crippen LogP contribution in [0.25, 0.3) is 0 Å². The molecular formula is C14H18F2N2O3. The average molecular weight is 300 g/mol. The molecule has 0 bridgehead atoms. The Labute approximate surface area is 121 Å². The minimum Gasteiger partial charge on any atom is -0.449 e. The van der Waals surface area contributed by atoms with Gasteiger partial charge in [-0.3, -0.25) is 4.79 Å². The summed E-state index contributed by atoms with van der Waals surface area (Å²) in [5, 5.41) is 2.63. The number of benzene rings is 1. The Morgan fingerprint density at radius 3 is 2.29 bits per heavy atom. The number of nitrogens with two attached hydrogens (primary N) is 1. The number of amides is 1. The van der Waals surface area contributed by atoms with Gasteiger partial charge in [0.1, 0.15) is 0 Å². The topological polar surface area (TPSA) is 81.4 Å². The van der Waals surface area contributed by atoms with E-state index < -0.39 is 35.2 Å². The number of anilines is 1. The van der Waals surface area contributed by atoms with Crippen molar-refractivity contribution in [3.8, 4) is 0 Å². The van der Waals surface area contributed by atoms with E-state index in [1.165, 1.54) is 6.92 Å². The maximum absolute atomic E-state index is 13.1. The smallest absolute Gasteiger partial charge is 0.341 e. The summed E-state index contributed by atoms with van der Waals surface area (Å²) in [4.78, 5) is 23.6. The molecule has 5 nitrogen and oxygen atoms in total. The first-order valence-corrected chi connectivity index (χ1v) is 6.29. The number of hydrogen-bond acceptors (Lipinski definition) is 4. The van der Waals surface area contributed by atoms with Crippen LogP contribution in [0.3, 0.4) is 0 Å². The maximum Gasteiger partial charge on any atom is 0.341 e.